The lowest BCUT2D eigenvalue weighted by atomic mass is 10.1. The molecular weight excluding hydrogens is 298 g/mol. The van der Waals surface area contributed by atoms with Gasteiger partial charge in [0.25, 0.3) is 0 Å². The highest BCUT2D eigenvalue weighted by atomic mass is 19.4. The maximum Gasteiger partial charge on any atom is 0.573 e. The fourth-order valence-electron chi connectivity index (χ4n) is 1.61. The number of rotatable bonds is 6. The molecule has 1 rings (SSSR count). The first-order valence-electron chi connectivity index (χ1n) is 5.84. The lowest BCUT2D eigenvalue weighted by Gasteiger charge is -2.16. The summed E-state index contributed by atoms with van der Waals surface area (Å²) in [5.41, 5.74) is -0.352. The van der Waals surface area contributed by atoms with Crippen molar-refractivity contribution in [3.8, 4) is 11.5 Å². The summed E-state index contributed by atoms with van der Waals surface area (Å²) < 4.78 is 62.9. The molecule has 0 bridgehead atoms. The minimum absolute atomic E-state index is 0.0673. The Bertz CT molecular complexity index is 505. The van der Waals surface area contributed by atoms with Gasteiger partial charge in [0, 0.05) is 0 Å². The van der Waals surface area contributed by atoms with E-state index in [1.54, 1.807) is 6.92 Å². The molecular formula is C12H13F4NO4. The largest absolute Gasteiger partial charge is 0.573 e. The molecule has 0 aromatic carbocycles. The van der Waals surface area contributed by atoms with Gasteiger partial charge in [-0.05, 0) is 6.92 Å². The van der Waals surface area contributed by atoms with Crippen LogP contribution in [-0.4, -0.2) is 31.0 Å². The van der Waals surface area contributed by atoms with Crippen LogP contribution in [0, 0.1) is 0 Å². The average molecular weight is 311 g/mol. The third-order valence-corrected chi connectivity index (χ3v) is 2.36. The Hall–Kier alpha value is -2.06. The molecule has 0 amide bonds. The molecule has 0 aliphatic heterocycles. The van der Waals surface area contributed by atoms with Crippen LogP contribution >= 0.6 is 0 Å². The summed E-state index contributed by atoms with van der Waals surface area (Å²) in [6.07, 6.45) is -4.62. The average Bonchev–Trinajstić information content (AvgIpc) is 2.38. The normalized spacial score (nSPS) is 11.1. The second-order valence-corrected chi connectivity index (χ2v) is 3.74. The van der Waals surface area contributed by atoms with E-state index in [4.69, 9.17) is 4.74 Å². The number of nitrogens with zero attached hydrogens (tertiary/aromatic N) is 1. The number of ether oxygens (including phenoxy) is 3. The van der Waals surface area contributed by atoms with Crippen LogP contribution in [0.1, 0.15) is 18.2 Å². The Kier molecular flexibility index (Phi) is 5.74. The highest BCUT2D eigenvalue weighted by Gasteiger charge is 2.33. The van der Waals surface area contributed by atoms with Crippen molar-refractivity contribution >= 4 is 5.97 Å². The molecule has 0 atom stereocenters. The zero-order valence-corrected chi connectivity index (χ0v) is 11.3. The van der Waals surface area contributed by atoms with E-state index in [1.165, 1.54) is 0 Å². The summed E-state index contributed by atoms with van der Waals surface area (Å²) in [6, 6.07) is 0. The number of pyridine rings is 1. The van der Waals surface area contributed by atoms with Crippen LogP contribution in [0.2, 0.25) is 0 Å². The Balaban J connectivity index is 3.16. The van der Waals surface area contributed by atoms with E-state index >= 15 is 0 Å². The predicted molar refractivity (Wildman–Crippen MR) is 62.6 cm³/mol. The van der Waals surface area contributed by atoms with Gasteiger partial charge < -0.3 is 14.2 Å². The molecule has 21 heavy (non-hydrogen) atoms. The van der Waals surface area contributed by atoms with E-state index in [0.29, 0.717) is 0 Å². The van der Waals surface area contributed by atoms with Gasteiger partial charge in [-0.1, -0.05) is 0 Å². The minimum Gasteiger partial charge on any atom is -0.492 e. The number of carbonyl (C=O) groups is 1. The van der Waals surface area contributed by atoms with E-state index in [2.05, 4.69) is 14.5 Å². The molecule has 0 saturated heterocycles. The van der Waals surface area contributed by atoms with Crippen LogP contribution in [0.5, 0.6) is 11.5 Å². The van der Waals surface area contributed by atoms with E-state index in [1.807, 2.05) is 0 Å². The van der Waals surface area contributed by atoms with Crippen molar-refractivity contribution in [1.29, 1.82) is 0 Å². The smallest absolute Gasteiger partial charge is 0.492 e. The predicted octanol–water partition coefficient (Wildman–Crippen LogP) is 2.56. The summed E-state index contributed by atoms with van der Waals surface area (Å²) in [6.45, 7) is 0.540. The Morgan fingerprint density at radius 3 is 2.52 bits per heavy atom. The second-order valence-electron chi connectivity index (χ2n) is 3.74. The molecule has 0 spiro atoms. The summed E-state index contributed by atoms with van der Waals surface area (Å²) in [4.78, 5) is 15.0. The van der Waals surface area contributed by atoms with Crippen LogP contribution in [0.4, 0.5) is 17.6 Å². The van der Waals surface area contributed by atoms with Gasteiger partial charge in [-0.15, -0.1) is 13.2 Å². The monoisotopic (exact) mass is 311 g/mol. The number of hydrogen-bond donors (Lipinski definition) is 0. The van der Waals surface area contributed by atoms with Crippen LogP contribution in [-0.2, 0) is 22.6 Å². The standard InChI is InChI=1S/C12H13F4NO4/c1-3-20-10(18)4-8-7(5-13)11(19-2)9(6-17-8)21-12(14,15)16/h6H,3-5H2,1-2H3. The Labute approximate surface area is 117 Å². The molecule has 0 aliphatic carbocycles. The summed E-state index contributed by atoms with van der Waals surface area (Å²) in [7, 11) is 1.06. The van der Waals surface area contributed by atoms with E-state index < -0.39 is 30.5 Å². The van der Waals surface area contributed by atoms with Crippen LogP contribution in [0.25, 0.3) is 0 Å². The van der Waals surface area contributed by atoms with Crippen molar-refractivity contribution in [2.24, 2.45) is 0 Å². The van der Waals surface area contributed by atoms with Crippen molar-refractivity contribution in [2.75, 3.05) is 13.7 Å². The molecule has 118 valence electrons. The highest BCUT2D eigenvalue weighted by Crippen LogP contribution is 2.36. The van der Waals surface area contributed by atoms with Gasteiger partial charge in [-0.3, -0.25) is 9.78 Å². The lowest BCUT2D eigenvalue weighted by molar-refractivity contribution is -0.275. The Morgan fingerprint density at radius 2 is 2.05 bits per heavy atom. The molecule has 0 radical (unpaired) electrons. The van der Waals surface area contributed by atoms with Crippen molar-refractivity contribution in [2.45, 2.75) is 26.4 Å². The number of esters is 1. The highest BCUT2D eigenvalue weighted by molar-refractivity contribution is 5.73. The van der Waals surface area contributed by atoms with Gasteiger partial charge in [0.15, 0.2) is 11.5 Å². The molecule has 5 nitrogen and oxygen atoms in total. The molecule has 0 saturated carbocycles. The van der Waals surface area contributed by atoms with Crippen molar-refractivity contribution in [3.05, 3.63) is 17.5 Å². The van der Waals surface area contributed by atoms with Gasteiger partial charge in [-0.2, -0.15) is 0 Å². The number of hydrogen-bond acceptors (Lipinski definition) is 5. The summed E-state index contributed by atoms with van der Waals surface area (Å²) >= 11 is 0. The molecule has 0 N–H and O–H groups in total. The third-order valence-electron chi connectivity index (χ3n) is 2.36. The van der Waals surface area contributed by atoms with Gasteiger partial charge in [0.05, 0.1) is 37.6 Å². The van der Waals surface area contributed by atoms with Gasteiger partial charge >= 0.3 is 12.3 Å². The topological polar surface area (TPSA) is 57.7 Å². The third kappa shape index (κ3) is 4.76. The number of carbonyl (C=O) groups excluding carboxylic acids is 1. The van der Waals surface area contributed by atoms with Gasteiger partial charge in [0.2, 0.25) is 0 Å². The minimum atomic E-state index is -4.97. The zero-order valence-electron chi connectivity index (χ0n) is 11.3. The quantitative estimate of drug-likeness (QED) is 0.597. The molecule has 1 heterocycles. The first kappa shape index (κ1) is 17.0. The van der Waals surface area contributed by atoms with Crippen LogP contribution in [0.3, 0.4) is 0 Å². The maximum atomic E-state index is 13.1. The van der Waals surface area contributed by atoms with Gasteiger partial charge in [0.1, 0.15) is 6.67 Å². The number of alkyl halides is 4. The molecule has 0 unspecified atom stereocenters. The molecule has 0 aliphatic rings. The first-order valence-corrected chi connectivity index (χ1v) is 5.84. The fourth-order valence-corrected chi connectivity index (χ4v) is 1.61. The molecule has 1 aromatic rings. The first-order chi connectivity index (χ1) is 9.82. The maximum absolute atomic E-state index is 13.1. The zero-order chi connectivity index (χ0) is 16.0. The summed E-state index contributed by atoms with van der Waals surface area (Å²) in [5.74, 6) is -1.90. The SMILES string of the molecule is CCOC(=O)Cc1ncc(OC(F)(F)F)c(OC)c1CF. The molecule has 1 aromatic heterocycles. The Morgan fingerprint density at radius 1 is 1.38 bits per heavy atom. The number of methoxy groups -OCH3 is 1. The van der Waals surface area contributed by atoms with E-state index in [9.17, 15) is 22.4 Å². The van der Waals surface area contributed by atoms with Crippen LogP contribution < -0.4 is 9.47 Å². The van der Waals surface area contributed by atoms with Crippen molar-refractivity contribution in [3.63, 3.8) is 0 Å². The lowest BCUT2D eigenvalue weighted by Crippen LogP contribution is -2.19. The number of aromatic nitrogens is 1. The molecule has 0 fully saturated rings. The van der Waals surface area contributed by atoms with Gasteiger partial charge in [-0.25, -0.2) is 4.39 Å². The van der Waals surface area contributed by atoms with E-state index in [-0.39, 0.29) is 24.3 Å². The van der Waals surface area contributed by atoms with Crippen molar-refractivity contribution < 1.29 is 36.6 Å². The molecule has 9 heteroatoms. The summed E-state index contributed by atoms with van der Waals surface area (Å²) in [5, 5.41) is 0. The van der Waals surface area contributed by atoms with E-state index in [0.717, 1.165) is 13.3 Å². The second kappa shape index (κ2) is 7.09. The number of halogens is 4. The van der Waals surface area contributed by atoms with Crippen LogP contribution in [0.15, 0.2) is 6.20 Å². The fraction of sp³-hybridized carbons (Fsp3) is 0.500. The van der Waals surface area contributed by atoms with Crippen molar-refractivity contribution in [1.82, 2.24) is 4.98 Å².